The van der Waals surface area contributed by atoms with E-state index in [4.69, 9.17) is 5.73 Å². The van der Waals surface area contributed by atoms with Crippen LogP contribution in [0.3, 0.4) is 0 Å². The number of pyridine rings is 1. The fourth-order valence-corrected chi connectivity index (χ4v) is 3.67. The molecule has 2 heterocycles. The normalized spacial score (nSPS) is 10.8. The second-order valence-electron chi connectivity index (χ2n) is 7.55. The summed E-state index contributed by atoms with van der Waals surface area (Å²) >= 11 is 0. The summed E-state index contributed by atoms with van der Waals surface area (Å²) in [4.78, 5) is 25.9. The molecule has 0 bridgehead atoms. The van der Waals surface area contributed by atoms with Gasteiger partial charge < -0.3 is 11.1 Å². The molecule has 0 saturated heterocycles. The van der Waals surface area contributed by atoms with Gasteiger partial charge in [0, 0.05) is 16.6 Å². The molecule has 0 atom stereocenters. The number of nitrogens with zero attached hydrogens (tertiary/aromatic N) is 3. The maximum Gasteiger partial charge on any atom is 0.270 e. The average Bonchev–Trinajstić information content (AvgIpc) is 2.84. The van der Waals surface area contributed by atoms with Gasteiger partial charge in [-0.2, -0.15) is 0 Å². The van der Waals surface area contributed by atoms with Gasteiger partial charge >= 0.3 is 0 Å². The summed E-state index contributed by atoms with van der Waals surface area (Å²) in [7, 11) is 0. The van der Waals surface area contributed by atoms with Crippen molar-refractivity contribution >= 4 is 50.6 Å². The summed E-state index contributed by atoms with van der Waals surface area (Å²) < 4.78 is 0. The van der Waals surface area contributed by atoms with E-state index in [0.29, 0.717) is 11.4 Å². The summed E-state index contributed by atoms with van der Waals surface area (Å²) in [6, 6.07) is 23.1. The van der Waals surface area contributed by atoms with Gasteiger partial charge in [0.15, 0.2) is 11.6 Å². The fraction of sp³-hybridized carbons (Fsp3) is 0.0400. The van der Waals surface area contributed by atoms with Crippen LogP contribution in [0, 0.1) is 6.92 Å². The molecule has 0 spiro atoms. The Labute approximate surface area is 189 Å². The van der Waals surface area contributed by atoms with E-state index >= 15 is 0 Å². The second-order valence-corrected chi connectivity index (χ2v) is 7.55. The van der Waals surface area contributed by atoms with Crippen molar-refractivity contribution in [3.05, 3.63) is 90.4 Å². The quantitative estimate of drug-likeness (QED) is 0.299. The van der Waals surface area contributed by atoms with Gasteiger partial charge in [-0.1, -0.05) is 54.6 Å². The van der Waals surface area contributed by atoms with E-state index in [1.807, 2.05) is 73.7 Å². The maximum atomic E-state index is 12.8. The Morgan fingerprint density at radius 3 is 2.52 bits per heavy atom. The summed E-state index contributed by atoms with van der Waals surface area (Å²) in [5, 5.41) is 6.07. The summed E-state index contributed by atoms with van der Waals surface area (Å²) in [6.45, 7) is 1.94. The predicted octanol–water partition coefficient (Wildman–Crippen LogP) is 4.57. The number of hydrogen-bond donors (Lipinski definition) is 4. The monoisotopic (exact) mass is 435 g/mol. The number of anilines is 4. The van der Waals surface area contributed by atoms with Gasteiger partial charge in [-0.25, -0.2) is 9.97 Å². The van der Waals surface area contributed by atoms with Crippen LogP contribution in [-0.4, -0.2) is 20.9 Å². The number of hydrazine groups is 1. The molecule has 33 heavy (non-hydrogen) atoms. The number of para-hydroxylation sites is 1. The Bertz CT molecular complexity index is 1490. The lowest BCUT2D eigenvalue weighted by molar-refractivity contribution is 0.0964. The average molecular weight is 435 g/mol. The third-order valence-corrected chi connectivity index (χ3v) is 5.33. The number of nitrogens with two attached hydrogens (primary N) is 1. The van der Waals surface area contributed by atoms with Crippen molar-refractivity contribution in [1.82, 2.24) is 20.4 Å². The molecule has 0 aliphatic carbocycles. The molecule has 8 nitrogen and oxygen atoms in total. The Kier molecular flexibility index (Phi) is 5.16. The number of aromatic nitrogens is 3. The molecule has 0 aliphatic heterocycles. The Morgan fingerprint density at radius 1 is 0.848 bits per heavy atom. The molecule has 0 saturated carbocycles. The van der Waals surface area contributed by atoms with Crippen LogP contribution in [0.15, 0.2) is 79.1 Å². The molecule has 162 valence electrons. The number of amides is 1. The smallest absolute Gasteiger partial charge is 0.270 e. The number of benzene rings is 3. The van der Waals surface area contributed by atoms with E-state index in [2.05, 4.69) is 31.1 Å². The van der Waals surface area contributed by atoms with Gasteiger partial charge in [0.1, 0.15) is 12.0 Å². The minimum atomic E-state index is -0.298. The number of nitrogen functional groups attached to an aromatic ring is 1. The minimum absolute atomic E-state index is 0.264. The molecule has 0 unspecified atom stereocenters. The van der Waals surface area contributed by atoms with Crippen molar-refractivity contribution in [3.63, 3.8) is 0 Å². The van der Waals surface area contributed by atoms with Gasteiger partial charge in [0.05, 0.1) is 11.2 Å². The van der Waals surface area contributed by atoms with Crippen molar-refractivity contribution < 1.29 is 4.79 Å². The second kappa shape index (κ2) is 8.43. The molecule has 2 aromatic heterocycles. The van der Waals surface area contributed by atoms with Crippen molar-refractivity contribution in [2.24, 2.45) is 0 Å². The van der Waals surface area contributed by atoms with Crippen LogP contribution >= 0.6 is 0 Å². The molecular formula is C25H21N7O. The summed E-state index contributed by atoms with van der Waals surface area (Å²) in [5.74, 6) is 0.390. The summed E-state index contributed by atoms with van der Waals surface area (Å²) in [5.41, 5.74) is 15.1. The standard InChI is InChI=1S/C25H21N7O/c1-15-12-13-17-8-5-11-20(22(17)29-15)30-23-21(26)24(28-14-27-23)31-32-25(33)19-10-4-7-16-6-2-3-9-18(16)19/h2-14H,26H2,1H3,(H,32,33)(H2,27,28,30,31). The third kappa shape index (κ3) is 3.97. The predicted molar refractivity (Wildman–Crippen MR) is 131 cm³/mol. The van der Waals surface area contributed by atoms with Crippen LogP contribution in [0.1, 0.15) is 16.1 Å². The van der Waals surface area contributed by atoms with Crippen LogP contribution in [0.2, 0.25) is 0 Å². The highest BCUT2D eigenvalue weighted by molar-refractivity contribution is 6.07. The molecule has 8 heteroatoms. The van der Waals surface area contributed by atoms with Gasteiger partial charge in [0.2, 0.25) is 0 Å². The molecule has 5 rings (SSSR count). The highest BCUT2D eigenvalue weighted by Gasteiger charge is 2.13. The lowest BCUT2D eigenvalue weighted by atomic mass is 10.0. The number of nitrogens with one attached hydrogen (secondary N) is 3. The molecule has 0 radical (unpaired) electrons. The number of carbonyl (C=O) groups excluding carboxylic acids is 1. The van der Waals surface area contributed by atoms with Crippen LogP contribution in [0.4, 0.5) is 23.0 Å². The first-order valence-corrected chi connectivity index (χ1v) is 10.4. The molecule has 0 fully saturated rings. The van der Waals surface area contributed by atoms with Crippen LogP contribution in [0.25, 0.3) is 21.7 Å². The van der Waals surface area contributed by atoms with E-state index in [1.54, 1.807) is 6.07 Å². The zero-order chi connectivity index (χ0) is 22.8. The maximum absolute atomic E-state index is 12.8. The lowest BCUT2D eigenvalue weighted by Gasteiger charge is -2.14. The minimum Gasteiger partial charge on any atom is -0.393 e. The Balaban J connectivity index is 1.38. The molecule has 5 aromatic rings. The Morgan fingerprint density at radius 2 is 1.61 bits per heavy atom. The SMILES string of the molecule is Cc1ccc2cccc(Nc3ncnc(NNC(=O)c4cccc5ccccc45)c3N)c2n1. The van der Waals surface area contributed by atoms with Crippen molar-refractivity contribution in [2.75, 3.05) is 16.5 Å². The van der Waals surface area contributed by atoms with Crippen molar-refractivity contribution in [3.8, 4) is 0 Å². The number of hydrogen-bond acceptors (Lipinski definition) is 7. The number of aryl methyl sites for hydroxylation is 1. The number of fused-ring (bicyclic) bond motifs is 2. The fourth-order valence-electron chi connectivity index (χ4n) is 3.67. The molecule has 3 aromatic carbocycles. The van der Waals surface area contributed by atoms with E-state index in [-0.39, 0.29) is 17.4 Å². The topological polar surface area (TPSA) is 118 Å². The van der Waals surface area contributed by atoms with E-state index in [1.165, 1.54) is 6.33 Å². The number of rotatable bonds is 5. The van der Waals surface area contributed by atoms with Gasteiger partial charge in [-0.05, 0) is 35.9 Å². The molecular weight excluding hydrogens is 414 g/mol. The molecule has 5 N–H and O–H groups in total. The van der Waals surface area contributed by atoms with E-state index in [0.717, 1.165) is 33.1 Å². The first kappa shape index (κ1) is 20.2. The highest BCUT2D eigenvalue weighted by atomic mass is 16.2. The Hall–Kier alpha value is -4.72. The zero-order valence-corrected chi connectivity index (χ0v) is 17.8. The lowest BCUT2D eigenvalue weighted by Crippen LogP contribution is -2.30. The first-order chi connectivity index (χ1) is 16.1. The zero-order valence-electron chi connectivity index (χ0n) is 17.8. The first-order valence-electron chi connectivity index (χ1n) is 10.4. The highest BCUT2D eigenvalue weighted by Crippen LogP contribution is 2.29. The van der Waals surface area contributed by atoms with Crippen LogP contribution in [0.5, 0.6) is 0 Å². The summed E-state index contributed by atoms with van der Waals surface area (Å²) in [6.07, 6.45) is 1.37. The van der Waals surface area contributed by atoms with Gasteiger partial charge in [-0.15, -0.1) is 0 Å². The van der Waals surface area contributed by atoms with E-state index < -0.39 is 0 Å². The molecule has 0 aliphatic rings. The van der Waals surface area contributed by atoms with Gasteiger partial charge in [0.25, 0.3) is 5.91 Å². The largest absolute Gasteiger partial charge is 0.393 e. The molecule has 1 amide bonds. The third-order valence-electron chi connectivity index (χ3n) is 5.33. The number of carbonyl (C=O) groups is 1. The van der Waals surface area contributed by atoms with Crippen LogP contribution in [-0.2, 0) is 0 Å². The van der Waals surface area contributed by atoms with Crippen molar-refractivity contribution in [1.29, 1.82) is 0 Å². The van der Waals surface area contributed by atoms with E-state index in [9.17, 15) is 4.79 Å². The van der Waals surface area contributed by atoms with Gasteiger partial charge in [-0.3, -0.25) is 20.6 Å². The van der Waals surface area contributed by atoms with Crippen LogP contribution < -0.4 is 21.9 Å². The van der Waals surface area contributed by atoms with Crippen molar-refractivity contribution in [2.45, 2.75) is 6.92 Å².